The maximum atomic E-state index is 12.1. The third-order valence-corrected chi connectivity index (χ3v) is 3.69. The second-order valence-electron chi connectivity index (χ2n) is 5.16. The first kappa shape index (κ1) is 13.4. The first-order chi connectivity index (χ1) is 10.2. The molecule has 1 aliphatic rings. The highest BCUT2D eigenvalue weighted by atomic mass is 16.1. The van der Waals surface area contributed by atoms with Gasteiger partial charge in [-0.1, -0.05) is 0 Å². The molecule has 3 N–H and O–H groups in total. The number of amides is 1. The number of anilines is 3. The lowest BCUT2D eigenvalue weighted by Gasteiger charge is -2.17. The topological polar surface area (TPSA) is 71.2 Å². The Labute approximate surface area is 123 Å². The van der Waals surface area contributed by atoms with E-state index in [-0.39, 0.29) is 5.91 Å². The Morgan fingerprint density at radius 3 is 2.52 bits per heavy atom. The molecular formula is C16H18N4O. The molecule has 0 atom stereocenters. The summed E-state index contributed by atoms with van der Waals surface area (Å²) in [5.41, 5.74) is 8.53. The largest absolute Gasteiger partial charge is 0.397 e. The van der Waals surface area contributed by atoms with E-state index in [1.165, 1.54) is 24.7 Å². The van der Waals surface area contributed by atoms with Crippen molar-refractivity contribution in [2.24, 2.45) is 0 Å². The van der Waals surface area contributed by atoms with Gasteiger partial charge in [-0.25, -0.2) is 0 Å². The Bertz CT molecular complexity index is 633. The van der Waals surface area contributed by atoms with Crippen molar-refractivity contribution in [3.05, 3.63) is 48.3 Å². The highest BCUT2D eigenvalue weighted by Crippen LogP contribution is 2.22. The average molecular weight is 282 g/mol. The normalized spacial score (nSPS) is 14.2. The van der Waals surface area contributed by atoms with Crippen LogP contribution in [0.15, 0.2) is 42.7 Å². The number of rotatable bonds is 3. The van der Waals surface area contributed by atoms with Crippen molar-refractivity contribution in [2.45, 2.75) is 12.8 Å². The predicted molar refractivity (Wildman–Crippen MR) is 84.5 cm³/mol. The fraction of sp³-hybridized carbons (Fsp3) is 0.250. The van der Waals surface area contributed by atoms with Crippen molar-refractivity contribution >= 4 is 23.0 Å². The van der Waals surface area contributed by atoms with E-state index >= 15 is 0 Å². The lowest BCUT2D eigenvalue weighted by molar-refractivity contribution is 0.102. The molecule has 1 aromatic carbocycles. The maximum Gasteiger partial charge on any atom is 0.257 e. The monoisotopic (exact) mass is 282 g/mol. The Morgan fingerprint density at radius 2 is 1.86 bits per heavy atom. The number of nitrogens with zero attached hydrogens (tertiary/aromatic N) is 2. The molecule has 0 unspecified atom stereocenters. The van der Waals surface area contributed by atoms with Crippen LogP contribution in [0.4, 0.5) is 17.1 Å². The molecule has 0 aliphatic carbocycles. The Hall–Kier alpha value is -2.56. The fourth-order valence-electron chi connectivity index (χ4n) is 2.54. The first-order valence-corrected chi connectivity index (χ1v) is 7.10. The highest BCUT2D eigenvalue weighted by Gasteiger charge is 2.13. The molecule has 3 rings (SSSR count). The minimum absolute atomic E-state index is 0.219. The molecule has 0 spiro atoms. The Kier molecular flexibility index (Phi) is 3.73. The van der Waals surface area contributed by atoms with Gasteiger partial charge in [0.2, 0.25) is 0 Å². The van der Waals surface area contributed by atoms with Crippen molar-refractivity contribution in [1.29, 1.82) is 0 Å². The predicted octanol–water partition coefficient (Wildman–Crippen LogP) is 2.52. The molecule has 1 saturated heterocycles. The Morgan fingerprint density at radius 1 is 1.14 bits per heavy atom. The summed E-state index contributed by atoms with van der Waals surface area (Å²) in [5, 5.41) is 2.85. The van der Waals surface area contributed by atoms with Gasteiger partial charge < -0.3 is 16.0 Å². The lowest BCUT2D eigenvalue weighted by atomic mass is 10.2. The van der Waals surface area contributed by atoms with Crippen LogP contribution >= 0.6 is 0 Å². The lowest BCUT2D eigenvalue weighted by Crippen LogP contribution is -2.17. The summed E-state index contributed by atoms with van der Waals surface area (Å²) in [7, 11) is 0. The van der Waals surface area contributed by atoms with Gasteiger partial charge in [0.1, 0.15) is 0 Å². The van der Waals surface area contributed by atoms with Crippen molar-refractivity contribution in [2.75, 3.05) is 29.0 Å². The van der Waals surface area contributed by atoms with Gasteiger partial charge in [0, 0.05) is 30.7 Å². The molecule has 0 bridgehead atoms. The van der Waals surface area contributed by atoms with E-state index < -0.39 is 0 Å². The zero-order valence-corrected chi connectivity index (χ0v) is 11.7. The van der Waals surface area contributed by atoms with Crippen LogP contribution in [-0.2, 0) is 0 Å². The first-order valence-electron chi connectivity index (χ1n) is 7.10. The quantitative estimate of drug-likeness (QED) is 0.907. The van der Waals surface area contributed by atoms with E-state index in [9.17, 15) is 4.79 Å². The van der Waals surface area contributed by atoms with E-state index in [0.717, 1.165) is 18.8 Å². The molecule has 0 radical (unpaired) electrons. The number of carbonyl (C=O) groups excluding carboxylic acids is 1. The van der Waals surface area contributed by atoms with Crippen LogP contribution in [0.3, 0.4) is 0 Å². The minimum Gasteiger partial charge on any atom is -0.397 e. The Balaban J connectivity index is 1.70. The van der Waals surface area contributed by atoms with Gasteiger partial charge in [0.15, 0.2) is 0 Å². The van der Waals surface area contributed by atoms with Crippen LogP contribution in [0.25, 0.3) is 0 Å². The van der Waals surface area contributed by atoms with Gasteiger partial charge in [-0.2, -0.15) is 0 Å². The van der Waals surface area contributed by atoms with Crippen LogP contribution in [0.1, 0.15) is 23.2 Å². The van der Waals surface area contributed by atoms with Crippen LogP contribution < -0.4 is 16.0 Å². The standard InChI is InChI=1S/C16H18N4O/c17-15-11-18-8-7-14(15)16(21)19-12-3-5-13(6-4-12)20-9-1-2-10-20/h3-8,11H,1-2,9-10,17H2,(H,19,21). The van der Waals surface area contributed by atoms with E-state index in [1.807, 2.05) is 24.3 Å². The molecule has 2 aromatic rings. The number of nitrogen functional groups attached to an aromatic ring is 1. The smallest absolute Gasteiger partial charge is 0.257 e. The number of nitrogens with two attached hydrogens (primary N) is 1. The third kappa shape index (κ3) is 2.97. The van der Waals surface area contributed by atoms with Crippen LogP contribution in [0.2, 0.25) is 0 Å². The summed E-state index contributed by atoms with van der Waals surface area (Å²) in [6, 6.07) is 9.53. The van der Waals surface area contributed by atoms with Gasteiger partial charge in [0.25, 0.3) is 5.91 Å². The second-order valence-corrected chi connectivity index (χ2v) is 5.16. The van der Waals surface area contributed by atoms with Gasteiger partial charge in [-0.15, -0.1) is 0 Å². The number of hydrogen-bond acceptors (Lipinski definition) is 4. The number of hydrogen-bond donors (Lipinski definition) is 2. The summed E-state index contributed by atoms with van der Waals surface area (Å²) in [4.78, 5) is 18.4. The summed E-state index contributed by atoms with van der Waals surface area (Å²) in [6.45, 7) is 2.22. The second kappa shape index (κ2) is 5.83. The van der Waals surface area contributed by atoms with E-state index in [1.54, 1.807) is 12.3 Å². The van der Waals surface area contributed by atoms with Gasteiger partial charge in [-0.05, 0) is 43.2 Å². The molecule has 1 aliphatic heterocycles. The molecule has 21 heavy (non-hydrogen) atoms. The maximum absolute atomic E-state index is 12.1. The number of benzene rings is 1. The molecule has 2 heterocycles. The van der Waals surface area contributed by atoms with Crippen molar-refractivity contribution in [3.8, 4) is 0 Å². The number of nitrogens with one attached hydrogen (secondary N) is 1. The minimum atomic E-state index is -0.219. The molecule has 1 fully saturated rings. The average Bonchev–Trinajstić information content (AvgIpc) is 3.02. The van der Waals surface area contributed by atoms with E-state index in [0.29, 0.717) is 11.3 Å². The number of pyridine rings is 1. The molecule has 5 nitrogen and oxygen atoms in total. The van der Waals surface area contributed by atoms with Crippen molar-refractivity contribution in [1.82, 2.24) is 4.98 Å². The molecule has 108 valence electrons. The molecular weight excluding hydrogens is 264 g/mol. The van der Waals surface area contributed by atoms with Crippen molar-refractivity contribution < 1.29 is 4.79 Å². The summed E-state index contributed by atoms with van der Waals surface area (Å²) < 4.78 is 0. The number of aromatic nitrogens is 1. The summed E-state index contributed by atoms with van der Waals surface area (Å²) >= 11 is 0. The third-order valence-electron chi connectivity index (χ3n) is 3.69. The summed E-state index contributed by atoms with van der Waals surface area (Å²) in [6.07, 6.45) is 5.53. The fourth-order valence-corrected chi connectivity index (χ4v) is 2.54. The van der Waals surface area contributed by atoms with Crippen molar-refractivity contribution in [3.63, 3.8) is 0 Å². The molecule has 5 heteroatoms. The zero-order valence-electron chi connectivity index (χ0n) is 11.7. The van der Waals surface area contributed by atoms with Gasteiger partial charge >= 0.3 is 0 Å². The molecule has 0 saturated carbocycles. The highest BCUT2D eigenvalue weighted by molar-refractivity contribution is 6.07. The van der Waals surface area contributed by atoms with Crippen LogP contribution in [0, 0.1) is 0 Å². The van der Waals surface area contributed by atoms with Crippen LogP contribution in [0.5, 0.6) is 0 Å². The summed E-state index contributed by atoms with van der Waals surface area (Å²) in [5.74, 6) is -0.219. The molecule has 1 amide bonds. The number of carbonyl (C=O) groups is 1. The van der Waals surface area contributed by atoms with Gasteiger partial charge in [-0.3, -0.25) is 9.78 Å². The van der Waals surface area contributed by atoms with Gasteiger partial charge in [0.05, 0.1) is 17.4 Å². The molecule has 1 aromatic heterocycles. The zero-order chi connectivity index (χ0) is 14.7. The van der Waals surface area contributed by atoms with Crippen LogP contribution in [-0.4, -0.2) is 24.0 Å². The van der Waals surface area contributed by atoms with E-state index in [2.05, 4.69) is 15.2 Å². The van der Waals surface area contributed by atoms with E-state index in [4.69, 9.17) is 5.73 Å². The SMILES string of the molecule is Nc1cnccc1C(=O)Nc1ccc(N2CCCC2)cc1.